The van der Waals surface area contributed by atoms with Crippen molar-refractivity contribution in [1.82, 2.24) is 4.31 Å². The van der Waals surface area contributed by atoms with Gasteiger partial charge >= 0.3 is 0 Å². The number of amides is 1. The molecule has 0 spiro atoms. The average Bonchev–Trinajstić information content (AvgIpc) is 2.67. The number of likely N-dealkylation sites (N-methyl/N-ethyl adjacent to an activating group) is 1. The second-order valence-corrected chi connectivity index (χ2v) is 8.17. The third kappa shape index (κ3) is 4.23. The number of carbonyl (C=O) groups is 1. The molecule has 1 N–H and O–H groups in total. The van der Waals surface area contributed by atoms with Crippen LogP contribution in [0.2, 0.25) is 0 Å². The van der Waals surface area contributed by atoms with Crippen molar-refractivity contribution in [2.45, 2.75) is 18.2 Å². The minimum Gasteiger partial charge on any atom is -0.486 e. The highest BCUT2D eigenvalue weighted by atomic mass is 32.2. The summed E-state index contributed by atoms with van der Waals surface area (Å²) in [5, 5.41) is 2.78. The Hall–Kier alpha value is -2.58. The number of sulfonamides is 1. The second-order valence-electron chi connectivity index (χ2n) is 6.13. The van der Waals surface area contributed by atoms with Crippen LogP contribution >= 0.6 is 0 Å². The minimum atomic E-state index is -3.84. The molecule has 0 unspecified atom stereocenters. The number of aryl methyl sites for hydroxylation is 1. The van der Waals surface area contributed by atoms with E-state index in [1.54, 1.807) is 12.1 Å². The van der Waals surface area contributed by atoms with E-state index in [1.165, 1.54) is 19.2 Å². The lowest BCUT2D eigenvalue weighted by molar-refractivity contribution is -0.116. The summed E-state index contributed by atoms with van der Waals surface area (Å²) in [6, 6.07) is 11.9. The molecule has 8 heteroatoms. The Morgan fingerprint density at radius 1 is 1.11 bits per heavy atom. The lowest BCUT2D eigenvalue weighted by Crippen LogP contribution is -2.35. The standard InChI is InChI=1S/C19H22N2O5S/c1-3-14-6-4-5-7-16(14)20-19(22)13-21(2)27(23,24)15-8-9-17-18(12-15)26-11-10-25-17/h4-9,12H,3,10-11,13H2,1-2H3,(H,20,22). The largest absolute Gasteiger partial charge is 0.486 e. The second kappa shape index (κ2) is 7.98. The van der Waals surface area contributed by atoms with E-state index in [0.717, 1.165) is 16.3 Å². The van der Waals surface area contributed by atoms with Crippen LogP contribution in [0, 0.1) is 0 Å². The molecule has 1 heterocycles. The SMILES string of the molecule is CCc1ccccc1NC(=O)CN(C)S(=O)(=O)c1ccc2c(c1)OCCO2. The predicted molar refractivity (Wildman–Crippen MR) is 102 cm³/mol. The third-order valence-corrected chi connectivity index (χ3v) is 6.06. The van der Waals surface area contributed by atoms with E-state index >= 15 is 0 Å². The molecule has 2 aromatic rings. The average molecular weight is 390 g/mol. The van der Waals surface area contributed by atoms with Gasteiger partial charge < -0.3 is 14.8 Å². The third-order valence-electron chi connectivity index (χ3n) is 4.26. The van der Waals surface area contributed by atoms with Gasteiger partial charge in [0.15, 0.2) is 11.5 Å². The molecule has 0 radical (unpaired) electrons. The summed E-state index contributed by atoms with van der Waals surface area (Å²) in [5.74, 6) is 0.494. The molecule has 7 nitrogen and oxygen atoms in total. The minimum absolute atomic E-state index is 0.0519. The molecule has 0 fully saturated rings. The molecule has 0 saturated heterocycles. The molecule has 3 rings (SSSR count). The van der Waals surface area contributed by atoms with Crippen molar-refractivity contribution >= 4 is 21.6 Å². The number of nitrogens with zero attached hydrogens (tertiary/aromatic N) is 1. The highest BCUT2D eigenvalue weighted by molar-refractivity contribution is 7.89. The van der Waals surface area contributed by atoms with Crippen molar-refractivity contribution in [1.29, 1.82) is 0 Å². The van der Waals surface area contributed by atoms with Crippen LogP contribution in [0.3, 0.4) is 0 Å². The number of benzene rings is 2. The fourth-order valence-corrected chi connectivity index (χ4v) is 3.93. The van der Waals surface area contributed by atoms with Crippen LogP contribution < -0.4 is 14.8 Å². The van der Waals surface area contributed by atoms with Crippen molar-refractivity contribution in [3.05, 3.63) is 48.0 Å². The molecule has 1 aliphatic heterocycles. The van der Waals surface area contributed by atoms with E-state index in [-0.39, 0.29) is 11.4 Å². The van der Waals surface area contributed by atoms with Crippen LogP contribution in [0.25, 0.3) is 0 Å². The first-order valence-corrected chi connectivity index (χ1v) is 10.1. The fraction of sp³-hybridized carbons (Fsp3) is 0.316. The zero-order valence-electron chi connectivity index (χ0n) is 15.3. The molecule has 144 valence electrons. The van der Waals surface area contributed by atoms with E-state index in [4.69, 9.17) is 9.47 Å². The van der Waals surface area contributed by atoms with Crippen LogP contribution in [-0.2, 0) is 21.2 Å². The predicted octanol–water partition coefficient (Wildman–Crippen LogP) is 2.28. The van der Waals surface area contributed by atoms with Gasteiger partial charge in [-0.3, -0.25) is 4.79 Å². The van der Waals surface area contributed by atoms with Crippen LogP contribution in [0.15, 0.2) is 47.4 Å². The summed E-state index contributed by atoms with van der Waals surface area (Å²) in [6.45, 7) is 2.49. The van der Waals surface area contributed by atoms with Gasteiger partial charge in [0.25, 0.3) is 0 Å². The number of ether oxygens (including phenoxy) is 2. The van der Waals surface area contributed by atoms with Crippen LogP contribution in [0.5, 0.6) is 11.5 Å². The van der Waals surface area contributed by atoms with Gasteiger partial charge in [0.05, 0.1) is 11.4 Å². The summed E-state index contributed by atoms with van der Waals surface area (Å²) < 4.78 is 37.4. The molecule has 0 saturated carbocycles. The molecule has 0 bridgehead atoms. The number of carbonyl (C=O) groups excluding carboxylic acids is 1. The van der Waals surface area contributed by atoms with E-state index in [2.05, 4.69) is 5.32 Å². The molecular formula is C19H22N2O5S. The summed E-state index contributed by atoms with van der Waals surface area (Å²) in [6.07, 6.45) is 0.766. The molecule has 2 aromatic carbocycles. The van der Waals surface area contributed by atoms with Gasteiger partial charge in [-0.1, -0.05) is 25.1 Å². The Morgan fingerprint density at radius 2 is 1.81 bits per heavy atom. The first-order chi connectivity index (χ1) is 12.9. The number of rotatable bonds is 6. The van der Waals surface area contributed by atoms with E-state index in [1.807, 2.05) is 25.1 Å². The van der Waals surface area contributed by atoms with Crippen molar-refractivity contribution in [3.63, 3.8) is 0 Å². The molecule has 0 atom stereocenters. The topological polar surface area (TPSA) is 84.9 Å². The Morgan fingerprint density at radius 3 is 2.56 bits per heavy atom. The normalized spacial score (nSPS) is 13.4. The first kappa shape index (κ1) is 19.2. The van der Waals surface area contributed by atoms with Gasteiger partial charge in [0, 0.05) is 18.8 Å². The maximum Gasteiger partial charge on any atom is 0.243 e. The van der Waals surface area contributed by atoms with Crippen molar-refractivity contribution < 1.29 is 22.7 Å². The molecular weight excluding hydrogens is 368 g/mol. The first-order valence-electron chi connectivity index (χ1n) is 8.65. The van der Waals surface area contributed by atoms with Crippen molar-refractivity contribution in [2.75, 3.05) is 32.1 Å². The lowest BCUT2D eigenvalue weighted by Gasteiger charge is -2.21. The maximum atomic E-state index is 12.8. The highest BCUT2D eigenvalue weighted by Gasteiger charge is 2.25. The van der Waals surface area contributed by atoms with E-state index < -0.39 is 15.9 Å². The lowest BCUT2D eigenvalue weighted by atomic mass is 10.1. The van der Waals surface area contributed by atoms with E-state index in [0.29, 0.717) is 30.4 Å². The maximum absolute atomic E-state index is 12.8. The molecule has 27 heavy (non-hydrogen) atoms. The van der Waals surface area contributed by atoms with Crippen LogP contribution in [0.4, 0.5) is 5.69 Å². The van der Waals surface area contributed by atoms with Crippen molar-refractivity contribution in [2.24, 2.45) is 0 Å². The summed E-state index contributed by atoms with van der Waals surface area (Å²) in [5.41, 5.74) is 1.68. The van der Waals surface area contributed by atoms with Gasteiger partial charge in [-0.25, -0.2) is 8.42 Å². The number of nitrogens with one attached hydrogen (secondary N) is 1. The Labute approximate surface area is 158 Å². The summed E-state index contributed by atoms with van der Waals surface area (Å²) in [7, 11) is -2.47. The molecule has 1 amide bonds. The molecule has 0 aliphatic carbocycles. The van der Waals surface area contributed by atoms with Crippen LogP contribution in [-0.4, -0.2) is 45.4 Å². The summed E-state index contributed by atoms with van der Waals surface area (Å²) >= 11 is 0. The van der Waals surface area contributed by atoms with E-state index in [9.17, 15) is 13.2 Å². The van der Waals surface area contributed by atoms with Crippen LogP contribution in [0.1, 0.15) is 12.5 Å². The number of fused-ring (bicyclic) bond motifs is 1. The van der Waals surface area contributed by atoms with Gasteiger partial charge in [0.1, 0.15) is 13.2 Å². The van der Waals surface area contributed by atoms with Gasteiger partial charge in [0.2, 0.25) is 15.9 Å². The zero-order valence-corrected chi connectivity index (χ0v) is 16.1. The van der Waals surface area contributed by atoms with Gasteiger partial charge in [-0.05, 0) is 30.2 Å². The molecule has 0 aromatic heterocycles. The monoisotopic (exact) mass is 390 g/mol. The highest BCUT2D eigenvalue weighted by Crippen LogP contribution is 2.32. The number of anilines is 1. The molecule has 1 aliphatic rings. The number of hydrogen-bond acceptors (Lipinski definition) is 5. The van der Waals surface area contributed by atoms with Gasteiger partial charge in [-0.15, -0.1) is 0 Å². The Kier molecular flexibility index (Phi) is 5.67. The smallest absolute Gasteiger partial charge is 0.243 e. The summed E-state index contributed by atoms with van der Waals surface area (Å²) in [4.78, 5) is 12.4. The number of hydrogen-bond donors (Lipinski definition) is 1. The fourth-order valence-electron chi connectivity index (χ4n) is 2.79. The van der Waals surface area contributed by atoms with Gasteiger partial charge in [-0.2, -0.15) is 4.31 Å². The number of para-hydroxylation sites is 1. The Bertz CT molecular complexity index is 943. The zero-order chi connectivity index (χ0) is 19.4. The Balaban J connectivity index is 1.72. The quantitative estimate of drug-likeness (QED) is 0.818. The van der Waals surface area contributed by atoms with Crippen molar-refractivity contribution in [3.8, 4) is 11.5 Å².